The predicted molar refractivity (Wildman–Crippen MR) is 108 cm³/mol. The third-order valence-corrected chi connectivity index (χ3v) is 5.70. The average molecular weight is 389 g/mol. The first kappa shape index (κ1) is 17.8. The van der Waals surface area contributed by atoms with Crippen molar-refractivity contribution in [2.75, 3.05) is 19.7 Å². The van der Waals surface area contributed by atoms with E-state index in [4.69, 9.17) is 4.74 Å². The van der Waals surface area contributed by atoms with Crippen LogP contribution < -0.4 is 4.74 Å². The summed E-state index contributed by atoms with van der Waals surface area (Å²) in [4.78, 5) is 23.9. The standard InChI is InChI=1S/C22H23N5O2/c1-14-24-21(26-25-14)17-3-2-7-27(13-17)22(28)19-10-18(11-23-12-19)15-4-5-20-16(9-15)6-8-29-20/h4-5,9-12,17H,2-3,6-8,13H2,1H3,(H,24,25,26). The Labute approximate surface area is 169 Å². The number of aromatic amines is 1. The van der Waals surface area contributed by atoms with Gasteiger partial charge in [-0.1, -0.05) is 6.07 Å². The molecule has 7 nitrogen and oxygen atoms in total. The zero-order valence-corrected chi connectivity index (χ0v) is 16.4. The number of nitrogens with one attached hydrogen (secondary N) is 1. The fraction of sp³-hybridized carbons (Fsp3) is 0.364. The molecule has 7 heteroatoms. The summed E-state index contributed by atoms with van der Waals surface area (Å²) in [7, 11) is 0. The first-order valence-corrected chi connectivity index (χ1v) is 10.1. The van der Waals surface area contributed by atoms with Gasteiger partial charge in [0.1, 0.15) is 11.6 Å². The Bertz CT molecular complexity index is 1060. The zero-order valence-electron chi connectivity index (χ0n) is 16.4. The maximum Gasteiger partial charge on any atom is 0.255 e. The largest absolute Gasteiger partial charge is 0.493 e. The molecule has 2 aliphatic rings. The number of rotatable bonds is 3. The lowest BCUT2D eigenvalue weighted by Gasteiger charge is -2.31. The molecule has 4 heterocycles. The lowest BCUT2D eigenvalue weighted by Crippen LogP contribution is -2.39. The average Bonchev–Trinajstić information content (AvgIpc) is 3.41. The van der Waals surface area contributed by atoms with Gasteiger partial charge < -0.3 is 9.64 Å². The third kappa shape index (κ3) is 3.48. The van der Waals surface area contributed by atoms with E-state index in [1.165, 1.54) is 5.56 Å². The van der Waals surface area contributed by atoms with E-state index in [1.54, 1.807) is 6.20 Å². The minimum Gasteiger partial charge on any atom is -0.493 e. The molecule has 0 aliphatic carbocycles. The molecular formula is C22H23N5O2. The molecule has 1 atom stereocenters. The van der Waals surface area contributed by atoms with Gasteiger partial charge >= 0.3 is 0 Å². The van der Waals surface area contributed by atoms with Crippen LogP contribution in [0.1, 0.15) is 46.3 Å². The zero-order chi connectivity index (χ0) is 19.8. The summed E-state index contributed by atoms with van der Waals surface area (Å²) >= 11 is 0. The summed E-state index contributed by atoms with van der Waals surface area (Å²) in [6.07, 6.45) is 6.33. The first-order chi connectivity index (χ1) is 14.2. The number of pyridine rings is 1. The summed E-state index contributed by atoms with van der Waals surface area (Å²) < 4.78 is 5.59. The molecule has 29 heavy (non-hydrogen) atoms. The summed E-state index contributed by atoms with van der Waals surface area (Å²) in [6, 6.07) is 8.10. The second-order valence-electron chi connectivity index (χ2n) is 7.75. The Morgan fingerprint density at radius 2 is 2.17 bits per heavy atom. The first-order valence-electron chi connectivity index (χ1n) is 10.1. The van der Waals surface area contributed by atoms with Crippen LogP contribution >= 0.6 is 0 Å². The van der Waals surface area contributed by atoms with Crippen molar-refractivity contribution in [3.8, 4) is 16.9 Å². The van der Waals surface area contributed by atoms with Crippen LogP contribution in [0, 0.1) is 6.92 Å². The fourth-order valence-electron chi connectivity index (χ4n) is 4.18. The molecule has 148 valence electrons. The van der Waals surface area contributed by atoms with Crippen LogP contribution in [0.2, 0.25) is 0 Å². The summed E-state index contributed by atoms with van der Waals surface area (Å²) in [6.45, 7) is 4.01. The normalized spacial score (nSPS) is 18.4. The number of amides is 1. The highest BCUT2D eigenvalue weighted by Gasteiger charge is 2.28. The molecule has 1 aromatic carbocycles. The number of benzene rings is 1. The fourth-order valence-corrected chi connectivity index (χ4v) is 4.18. The van der Waals surface area contributed by atoms with Crippen LogP contribution in [-0.2, 0) is 6.42 Å². The molecule has 0 radical (unpaired) electrons. The van der Waals surface area contributed by atoms with Crippen molar-refractivity contribution in [1.29, 1.82) is 0 Å². The van der Waals surface area contributed by atoms with Crippen molar-refractivity contribution < 1.29 is 9.53 Å². The van der Waals surface area contributed by atoms with Gasteiger partial charge in [0, 0.05) is 43.4 Å². The Balaban J connectivity index is 1.37. The predicted octanol–water partition coefficient (Wildman–Crippen LogP) is 3.13. The second-order valence-corrected chi connectivity index (χ2v) is 7.75. The van der Waals surface area contributed by atoms with Crippen molar-refractivity contribution in [1.82, 2.24) is 25.1 Å². The van der Waals surface area contributed by atoms with E-state index in [0.29, 0.717) is 12.1 Å². The summed E-state index contributed by atoms with van der Waals surface area (Å²) in [5.41, 5.74) is 3.83. The maximum atomic E-state index is 13.2. The molecule has 2 aliphatic heterocycles. The van der Waals surface area contributed by atoms with Gasteiger partial charge in [-0.15, -0.1) is 0 Å². The number of hydrogen-bond acceptors (Lipinski definition) is 5. The van der Waals surface area contributed by atoms with Gasteiger partial charge in [0.25, 0.3) is 5.91 Å². The maximum absolute atomic E-state index is 13.2. The Morgan fingerprint density at radius 1 is 1.24 bits per heavy atom. The van der Waals surface area contributed by atoms with Crippen LogP contribution in [-0.4, -0.2) is 50.7 Å². The topological polar surface area (TPSA) is 84.0 Å². The van der Waals surface area contributed by atoms with E-state index in [2.05, 4.69) is 26.2 Å². The number of likely N-dealkylation sites (tertiary alicyclic amines) is 1. The van der Waals surface area contributed by atoms with Crippen LogP contribution in [0.25, 0.3) is 11.1 Å². The quantitative estimate of drug-likeness (QED) is 0.744. The van der Waals surface area contributed by atoms with E-state index in [-0.39, 0.29) is 11.8 Å². The van der Waals surface area contributed by atoms with E-state index in [9.17, 15) is 4.79 Å². The summed E-state index contributed by atoms with van der Waals surface area (Å²) in [5, 5.41) is 7.19. The highest BCUT2D eigenvalue weighted by Crippen LogP contribution is 2.31. The Kier molecular flexibility index (Phi) is 4.50. The van der Waals surface area contributed by atoms with Crippen LogP contribution in [0.4, 0.5) is 0 Å². The number of aryl methyl sites for hydroxylation is 1. The molecule has 2 aromatic heterocycles. The van der Waals surface area contributed by atoms with Crippen molar-refractivity contribution >= 4 is 5.91 Å². The van der Waals surface area contributed by atoms with Crippen LogP contribution in [0.15, 0.2) is 36.7 Å². The van der Waals surface area contributed by atoms with E-state index < -0.39 is 0 Å². The molecule has 3 aromatic rings. The van der Waals surface area contributed by atoms with E-state index >= 15 is 0 Å². The van der Waals surface area contributed by atoms with Gasteiger partial charge in [-0.05, 0) is 49.1 Å². The number of hydrogen-bond donors (Lipinski definition) is 1. The number of H-pyrrole nitrogens is 1. The lowest BCUT2D eigenvalue weighted by molar-refractivity contribution is 0.0704. The van der Waals surface area contributed by atoms with Gasteiger partial charge in [-0.25, -0.2) is 4.98 Å². The molecule has 1 amide bonds. The molecule has 0 bridgehead atoms. The van der Waals surface area contributed by atoms with E-state index in [0.717, 1.165) is 60.9 Å². The molecule has 1 saturated heterocycles. The molecular weight excluding hydrogens is 366 g/mol. The van der Waals surface area contributed by atoms with Crippen molar-refractivity contribution in [3.05, 3.63) is 59.4 Å². The van der Waals surface area contributed by atoms with Gasteiger partial charge in [0.15, 0.2) is 5.82 Å². The molecule has 5 rings (SSSR count). The molecule has 1 N–H and O–H groups in total. The highest BCUT2D eigenvalue weighted by molar-refractivity contribution is 5.95. The smallest absolute Gasteiger partial charge is 0.255 e. The molecule has 1 fully saturated rings. The molecule has 0 saturated carbocycles. The number of ether oxygens (including phenoxy) is 1. The van der Waals surface area contributed by atoms with Gasteiger partial charge in [-0.3, -0.25) is 14.9 Å². The van der Waals surface area contributed by atoms with Crippen molar-refractivity contribution in [3.63, 3.8) is 0 Å². The molecule has 1 unspecified atom stereocenters. The Hall–Kier alpha value is -3.22. The highest BCUT2D eigenvalue weighted by atomic mass is 16.5. The SMILES string of the molecule is Cc1nc(C2CCCN(C(=O)c3cncc(-c4ccc5c(c4)CCO5)c3)C2)n[nH]1. The summed E-state index contributed by atoms with van der Waals surface area (Å²) in [5.74, 6) is 2.74. The number of aromatic nitrogens is 4. The van der Waals surface area contributed by atoms with Crippen molar-refractivity contribution in [2.45, 2.75) is 32.1 Å². The lowest BCUT2D eigenvalue weighted by atomic mass is 9.96. The minimum atomic E-state index is 0.0146. The van der Waals surface area contributed by atoms with Gasteiger partial charge in [0.2, 0.25) is 0 Å². The van der Waals surface area contributed by atoms with Crippen LogP contribution in [0.3, 0.4) is 0 Å². The Morgan fingerprint density at radius 3 is 3.03 bits per heavy atom. The van der Waals surface area contributed by atoms with Gasteiger partial charge in [0.05, 0.1) is 12.2 Å². The van der Waals surface area contributed by atoms with Crippen LogP contribution in [0.5, 0.6) is 5.75 Å². The molecule has 0 spiro atoms. The van der Waals surface area contributed by atoms with Gasteiger partial charge in [-0.2, -0.15) is 5.10 Å². The number of piperidine rings is 1. The number of fused-ring (bicyclic) bond motifs is 1. The second kappa shape index (κ2) is 7.31. The minimum absolute atomic E-state index is 0.0146. The number of nitrogens with zero attached hydrogens (tertiary/aromatic N) is 4. The van der Waals surface area contributed by atoms with E-state index in [1.807, 2.05) is 36.2 Å². The number of carbonyl (C=O) groups excluding carboxylic acids is 1. The number of carbonyl (C=O) groups is 1. The monoisotopic (exact) mass is 389 g/mol. The van der Waals surface area contributed by atoms with Crippen molar-refractivity contribution in [2.24, 2.45) is 0 Å². The third-order valence-electron chi connectivity index (χ3n) is 5.70.